The molecule has 1 saturated carbocycles. The zero-order valence-corrected chi connectivity index (χ0v) is 13.2. The van der Waals surface area contributed by atoms with Crippen molar-refractivity contribution >= 4 is 31.9 Å². The van der Waals surface area contributed by atoms with Crippen LogP contribution in [-0.2, 0) is 10.0 Å². The zero-order chi connectivity index (χ0) is 15.3. The number of nitrogens with one attached hydrogen (secondary N) is 1. The van der Waals surface area contributed by atoms with Gasteiger partial charge in [0.1, 0.15) is 4.90 Å². The number of carboxylic acid groups (broad SMARTS) is 1. The topological polar surface area (TPSA) is 117 Å². The molecule has 0 bridgehead atoms. The van der Waals surface area contributed by atoms with Gasteiger partial charge in [0.25, 0.3) is 0 Å². The van der Waals surface area contributed by atoms with Gasteiger partial charge in [0, 0.05) is 17.5 Å². The van der Waals surface area contributed by atoms with Gasteiger partial charge in [0.2, 0.25) is 15.8 Å². The highest BCUT2D eigenvalue weighted by Crippen LogP contribution is 2.41. The summed E-state index contributed by atoms with van der Waals surface area (Å²) >= 11 is 2.89. The number of aliphatic hydroxyl groups is 1. The number of furan rings is 1. The molecule has 2 unspecified atom stereocenters. The molecular formula is C11H14BrNO6S. The first-order valence-corrected chi connectivity index (χ1v) is 8.06. The minimum atomic E-state index is -3.92. The summed E-state index contributed by atoms with van der Waals surface area (Å²) in [5.41, 5.74) is -0.571. The Hall–Kier alpha value is -0.900. The van der Waals surface area contributed by atoms with Crippen LogP contribution in [0, 0.1) is 5.41 Å². The Morgan fingerprint density at radius 1 is 1.55 bits per heavy atom. The Bertz CT molecular complexity index is 650. The lowest BCUT2D eigenvalue weighted by Gasteiger charge is -2.49. The molecule has 2 rings (SSSR count). The molecule has 0 radical (unpaired) electrons. The van der Waals surface area contributed by atoms with Crippen molar-refractivity contribution in [3.05, 3.63) is 16.5 Å². The highest BCUT2D eigenvalue weighted by Gasteiger charge is 2.49. The van der Waals surface area contributed by atoms with Crippen molar-refractivity contribution in [3.63, 3.8) is 0 Å². The number of halogens is 1. The van der Waals surface area contributed by atoms with Crippen LogP contribution >= 0.6 is 15.9 Å². The SMILES string of the molecule is CC1(C)C(O)CC1NS(=O)(=O)c1cc(C(=O)O)oc1Br. The number of aliphatic hydroxyl groups excluding tert-OH is 1. The molecule has 3 N–H and O–H groups in total. The first-order chi connectivity index (χ1) is 9.05. The van der Waals surface area contributed by atoms with Crippen molar-refractivity contribution in [3.8, 4) is 0 Å². The Labute approximate surface area is 124 Å². The number of carbonyl (C=O) groups is 1. The van der Waals surface area contributed by atoms with Crippen LogP contribution < -0.4 is 4.72 Å². The monoisotopic (exact) mass is 367 g/mol. The molecule has 1 heterocycles. The second-order valence-electron chi connectivity index (χ2n) is 5.30. The van der Waals surface area contributed by atoms with Gasteiger partial charge in [-0.15, -0.1) is 0 Å². The van der Waals surface area contributed by atoms with Gasteiger partial charge < -0.3 is 14.6 Å². The second-order valence-corrected chi connectivity index (χ2v) is 7.70. The molecule has 9 heteroatoms. The maximum atomic E-state index is 12.2. The van der Waals surface area contributed by atoms with E-state index in [1.165, 1.54) is 0 Å². The predicted octanol–water partition coefficient (Wildman–Crippen LogP) is 1.18. The third-order valence-corrected chi connectivity index (χ3v) is 6.00. The van der Waals surface area contributed by atoms with Crippen molar-refractivity contribution < 1.29 is 27.8 Å². The van der Waals surface area contributed by atoms with Crippen molar-refractivity contribution in [2.75, 3.05) is 0 Å². The van der Waals surface area contributed by atoms with Gasteiger partial charge in [0.05, 0.1) is 6.10 Å². The Balaban J connectivity index is 2.26. The number of hydrogen-bond donors (Lipinski definition) is 3. The lowest BCUT2D eigenvalue weighted by molar-refractivity contribution is -0.0645. The number of hydrogen-bond acceptors (Lipinski definition) is 5. The molecule has 0 amide bonds. The third kappa shape index (κ3) is 2.50. The van der Waals surface area contributed by atoms with Gasteiger partial charge >= 0.3 is 5.97 Å². The summed E-state index contributed by atoms with van der Waals surface area (Å²) in [5, 5.41) is 18.4. The zero-order valence-electron chi connectivity index (χ0n) is 10.8. The molecule has 1 aliphatic rings. The van der Waals surface area contributed by atoms with E-state index < -0.39 is 39.3 Å². The number of carboxylic acids is 1. The van der Waals surface area contributed by atoms with Crippen molar-refractivity contribution in [1.29, 1.82) is 0 Å². The third-order valence-electron chi connectivity index (χ3n) is 3.67. The summed E-state index contributed by atoms with van der Waals surface area (Å²) in [6.07, 6.45) is -0.259. The lowest BCUT2D eigenvalue weighted by Crippen LogP contribution is -2.61. The summed E-state index contributed by atoms with van der Waals surface area (Å²) in [6, 6.07) is 0.522. The number of rotatable bonds is 4. The molecule has 112 valence electrons. The lowest BCUT2D eigenvalue weighted by atomic mass is 9.65. The van der Waals surface area contributed by atoms with Gasteiger partial charge in [-0.2, -0.15) is 0 Å². The van der Waals surface area contributed by atoms with E-state index in [1.807, 2.05) is 0 Å². The van der Waals surface area contributed by atoms with Gasteiger partial charge in [-0.25, -0.2) is 17.9 Å². The Kier molecular flexibility index (Phi) is 3.74. The first kappa shape index (κ1) is 15.5. The van der Waals surface area contributed by atoms with E-state index in [0.29, 0.717) is 6.42 Å². The molecule has 0 saturated heterocycles. The number of aromatic carboxylic acids is 1. The quantitative estimate of drug-likeness (QED) is 0.735. The van der Waals surface area contributed by atoms with Crippen LogP contribution in [0.15, 0.2) is 20.0 Å². The molecule has 7 nitrogen and oxygen atoms in total. The van der Waals surface area contributed by atoms with Crippen LogP contribution in [0.2, 0.25) is 0 Å². The van der Waals surface area contributed by atoms with Crippen molar-refractivity contribution in [2.24, 2.45) is 5.41 Å². The largest absolute Gasteiger partial charge is 0.475 e. The summed E-state index contributed by atoms with van der Waals surface area (Å²) in [6.45, 7) is 3.50. The summed E-state index contributed by atoms with van der Waals surface area (Å²) < 4.78 is 31.5. The second kappa shape index (κ2) is 4.83. The minimum absolute atomic E-state index is 0.167. The minimum Gasteiger partial charge on any atom is -0.475 e. The average molecular weight is 368 g/mol. The Morgan fingerprint density at radius 3 is 2.55 bits per heavy atom. The van der Waals surface area contributed by atoms with E-state index in [4.69, 9.17) is 9.52 Å². The number of sulfonamides is 1. The average Bonchev–Trinajstić information content (AvgIpc) is 2.72. The fourth-order valence-electron chi connectivity index (χ4n) is 1.99. The first-order valence-electron chi connectivity index (χ1n) is 5.78. The smallest absolute Gasteiger partial charge is 0.371 e. The van der Waals surface area contributed by atoms with E-state index in [0.717, 1.165) is 6.07 Å². The fourth-order valence-corrected chi connectivity index (χ4v) is 4.34. The fraction of sp³-hybridized carbons (Fsp3) is 0.545. The van der Waals surface area contributed by atoms with Gasteiger partial charge in [0.15, 0.2) is 4.67 Å². The predicted molar refractivity (Wildman–Crippen MR) is 71.9 cm³/mol. The molecule has 0 aromatic carbocycles. The molecule has 1 fully saturated rings. The maximum absolute atomic E-state index is 12.2. The van der Waals surface area contributed by atoms with Crippen molar-refractivity contribution in [1.82, 2.24) is 4.72 Å². The molecule has 2 atom stereocenters. The molecule has 1 aromatic heterocycles. The molecule has 0 aliphatic heterocycles. The van der Waals surface area contributed by atoms with E-state index in [9.17, 15) is 18.3 Å². The van der Waals surface area contributed by atoms with Gasteiger partial charge in [-0.3, -0.25) is 0 Å². The molecule has 1 aromatic rings. The molecule has 0 spiro atoms. The maximum Gasteiger partial charge on any atom is 0.371 e. The highest BCUT2D eigenvalue weighted by atomic mass is 79.9. The van der Waals surface area contributed by atoms with Gasteiger partial charge in [-0.05, 0) is 22.4 Å². The summed E-state index contributed by atoms with van der Waals surface area (Å²) in [5.74, 6) is -1.82. The van der Waals surface area contributed by atoms with E-state index in [1.54, 1.807) is 13.8 Å². The summed E-state index contributed by atoms with van der Waals surface area (Å²) in [4.78, 5) is 10.5. The van der Waals surface area contributed by atoms with E-state index >= 15 is 0 Å². The van der Waals surface area contributed by atoms with Crippen molar-refractivity contribution in [2.45, 2.75) is 37.3 Å². The molecule has 1 aliphatic carbocycles. The van der Waals surface area contributed by atoms with Crippen LogP contribution in [0.1, 0.15) is 30.8 Å². The van der Waals surface area contributed by atoms with Gasteiger partial charge in [-0.1, -0.05) is 13.8 Å². The molecule has 20 heavy (non-hydrogen) atoms. The normalized spacial score (nSPS) is 25.2. The Morgan fingerprint density at radius 2 is 2.15 bits per heavy atom. The highest BCUT2D eigenvalue weighted by molar-refractivity contribution is 9.10. The van der Waals surface area contributed by atoms with E-state index in [2.05, 4.69) is 20.7 Å². The van der Waals surface area contributed by atoms with Crippen LogP contribution in [0.25, 0.3) is 0 Å². The van der Waals surface area contributed by atoms with Crippen LogP contribution in [0.4, 0.5) is 0 Å². The van der Waals surface area contributed by atoms with Crippen LogP contribution in [0.5, 0.6) is 0 Å². The van der Waals surface area contributed by atoms with Crippen LogP contribution in [0.3, 0.4) is 0 Å². The standard InChI is InChI=1S/C11H14BrNO6S/c1-11(2)7(4-8(11)14)13-20(17,18)6-3-5(10(15)16)19-9(6)12/h3,7-8,13-14H,4H2,1-2H3,(H,15,16). The summed E-state index contributed by atoms with van der Waals surface area (Å²) in [7, 11) is -3.92. The van der Waals surface area contributed by atoms with E-state index in [-0.39, 0.29) is 9.56 Å². The van der Waals surface area contributed by atoms with Crippen LogP contribution in [-0.4, -0.2) is 36.7 Å². The molecular weight excluding hydrogens is 354 g/mol.